The van der Waals surface area contributed by atoms with Crippen molar-refractivity contribution in [2.75, 3.05) is 5.32 Å². The van der Waals surface area contributed by atoms with Gasteiger partial charge < -0.3 is 5.32 Å². The van der Waals surface area contributed by atoms with Crippen molar-refractivity contribution in [2.45, 2.75) is 57.5 Å². The molecule has 0 amide bonds. The third kappa shape index (κ3) is 2.57. The number of nitrogens with one attached hydrogen (secondary N) is 1. The van der Waals surface area contributed by atoms with E-state index in [1.54, 1.807) is 10.9 Å². The molecule has 1 heterocycles. The van der Waals surface area contributed by atoms with E-state index < -0.39 is 0 Å². The van der Waals surface area contributed by atoms with Gasteiger partial charge in [-0.2, -0.15) is 5.10 Å². The van der Waals surface area contributed by atoms with Crippen molar-refractivity contribution in [1.29, 1.82) is 0 Å². The molecule has 0 aliphatic heterocycles. The number of nitrogens with zero attached hydrogens (tertiary/aromatic N) is 2. The zero-order chi connectivity index (χ0) is 13.5. The summed E-state index contributed by atoms with van der Waals surface area (Å²) in [6.07, 6.45) is 8.98. The predicted octanol–water partition coefficient (Wildman–Crippen LogP) is 3.16. The van der Waals surface area contributed by atoms with Gasteiger partial charge in [-0.1, -0.05) is 6.42 Å². The van der Waals surface area contributed by atoms with Gasteiger partial charge in [-0.3, -0.25) is 4.79 Å². The topological polar surface area (TPSA) is 46.9 Å². The lowest BCUT2D eigenvalue weighted by Gasteiger charge is -2.40. The molecular formula is C14H20BrN3O. The Morgan fingerprint density at radius 1 is 1.47 bits per heavy atom. The summed E-state index contributed by atoms with van der Waals surface area (Å²) in [5, 5.41) is 7.67. The first-order chi connectivity index (χ1) is 9.07. The third-order valence-electron chi connectivity index (χ3n) is 4.54. The molecule has 2 aliphatic carbocycles. The molecule has 0 spiro atoms. The van der Waals surface area contributed by atoms with E-state index in [9.17, 15) is 4.79 Å². The summed E-state index contributed by atoms with van der Waals surface area (Å²) in [5.41, 5.74) is 0.767. The standard InChI is InChI=1S/C14H20BrN3O/c1-14(6-3-7-14)17-12-11(15)8-16-18(13(12)19)9-10-4-2-5-10/h8,10,17H,2-7,9H2,1H3. The van der Waals surface area contributed by atoms with E-state index in [4.69, 9.17) is 0 Å². The molecule has 4 nitrogen and oxygen atoms in total. The van der Waals surface area contributed by atoms with Crippen LogP contribution < -0.4 is 10.9 Å². The molecule has 0 aromatic carbocycles. The van der Waals surface area contributed by atoms with Crippen LogP contribution in [0.4, 0.5) is 5.69 Å². The predicted molar refractivity (Wildman–Crippen MR) is 79.4 cm³/mol. The van der Waals surface area contributed by atoms with Gasteiger partial charge in [0.15, 0.2) is 0 Å². The first kappa shape index (κ1) is 13.2. The second-order valence-electron chi connectivity index (χ2n) is 6.19. The molecule has 0 unspecified atom stereocenters. The van der Waals surface area contributed by atoms with Crippen LogP contribution in [0.3, 0.4) is 0 Å². The van der Waals surface area contributed by atoms with Crippen molar-refractivity contribution in [3.05, 3.63) is 21.0 Å². The van der Waals surface area contributed by atoms with Crippen molar-refractivity contribution >= 4 is 21.6 Å². The molecule has 1 aromatic heterocycles. The fraction of sp³-hybridized carbons (Fsp3) is 0.714. The molecule has 2 aliphatic rings. The highest BCUT2D eigenvalue weighted by Gasteiger charge is 2.33. The van der Waals surface area contributed by atoms with E-state index in [1.807, 2.05) is 0 Å². The first-order valence-electron chi connectivity index (χ1n) is 7.11. The lowest BCUT2D eigenvalue weighted by Crippen LogP contribution is -2.44. The van der Waals surface area contributed by atoms with Crippen LogP contribution in [-0.4, -0.2) is 15.3 Å². The number of halogens is 1. The van der Waals surface area contributed by atoms with Gasteiger partial charge in [0.05, 0.1) is 10.7 Å². The number of hydrogen-bond donors (Lipinski definition) is 1. The van der Waals surface area contributed by atoms with E-state index >= 15 is 0 Å². The summed E-state index contributed by atoms with van der Waals surface area (Å²) in [6.45, 7) is 2.94. The smallest absolute Gasteiger partial charge is 0.291 e. The van der Waals surface area contributed by atoms with Gasteiger partial charge in [-0.15, -0.1) is 0 Å². The Bertz CT molecular complexity index is 532. The summed E-state index contributed by atoms with van der Waals surface area (Å²) in [6, 6.07) is 0. The minimum absolute atomic E-state index is 0.00870. The molecule has 2 fully saturated rings. The summed E-state index contributed by atoms with van der Waals surface area (Å²) in [5.74, 6) is 0.638. The van der Waals surface area contributed by atoms with E-state index in [0.717, 1.165) is 23.9 Å². The van der Waals surface area contributed by atoms with Crippen molar-refractivity contribution in [1.82, 2.24) is 9.78 Å². The Hall–Kier alpha value is -0.840. The maximum absolute atomic E-state index is 12.5. The molecule has 2 saturated carbocycles. The second kappa shape index (κ2) is 4.93. The normalized spacial score (nSPS) is 21.6. The fourth-order valence-electron chi connectivity index (χ4n) is 2.77. The molecule has 1 N–H and O–H groups in total. The number of rotatable bonds is 4. The van der Waals surface area contributed by atoms with Crippen molar-refractivity contribution < 1.29 is 0 Å². The molecule has 0 bridgehead atoms. The summed E-state index contributed by atoms with van der Waals surface area (Å²) in [7, 11) is 0. The van der Waals surface area contributed by atoms with E-state index in [1.165, 1.54) is 25.7 Å². The summed E-state index contributed by atoms with van der Waals surface area (Å²) in [4.78, 5) is 12.5. The largest absolute Gasteiger partial charge is 0.374 e. The van der Waals surface area contributed by atoms with Crippen LogP contribution in [0, 0.1) is 5.92 Å². The van der Waals surface area contributed by atoms with Crippen LogP contribution in [0.25, 0.3) is 0 Å². The Morgan fingerprint density at radius 3 is 2.74 bits per heavy atom. The fourth-order valence-corrected chi connectivity index (χ4v) is 3.13. The lowest BCUT2D eigenvalue weighted by molar-refractivity contribution is 0.261. The van der Waals surface area contributed by atoms with E-state index in [0.29, 0.717) is 11.6 Å². The highest BCUT2D eigenvalue weighted by atomic mass is 79.9. The van der Waals surface area contributed by atoms with Crippen LogP contribution in [0.5, 0.6) is 0 Å². The minimum atomic E-state index is 0.00870. The second-order valence-corrected chi connectivity index (χ2v) is 7.05. The van der Waals surface area contributed by atoms with Crippen LogP contribution in [0.15, 0.2) is 15.5 Å². The van der Waals surface area contributed by atoms with Crippen LogP contribution >= 0.6 is 15.9 Å². The zero-order valence-corrected chi connectivity index (χ0v) is 12.9. The maximum atomic E-state index is 12.5. The average molecular weight is 326 g/mol. The van der Waals surface area contributed by atoms with Gasteiger partial charge >= 0.3 is 0 Å². The third-order valence-corrected chi connectivity index (χ3v) is 5.14. The van der Waals surface area contributed by atoms with Gasteiger partial charge in [0.25, 0.3) is 5.56 Å². The highest BCUT2D eigenvalue weighted by Crippen LogP contribution is 2.35. The van der Waals surface area contributed by atoms with Crippen LogP contribution in [0.2, 0.25) is 0 Å². The van der Waals surface area contributed by atoms with Gasteiger partial charge in [0.1, 0.15) is 5.69 Å². The zero-order valence-electron chi connectivity index (χ0n) is 11.3. The number of hydrogen-bond acceptors (Lipinski definition) is 3. The monoisotopic (exact) mass is 325 g/mol. The molecule has 0 saturated heterocycles. The lowest BCUT2D eigenvalue weighted by atomic mass is 9.78. The van der Waals surface area contributed by atoms with Gasteiger partial charge in [-0.05, 0) is 60.9 Å². The van der Waals surface area contributed by atoms with E-state index in [2.05, 4.69) is 33.3 Å². The molecule has 19 heavy (non-hydrogen) atoms. The average Bonchev–Trinajstić information content (AvgIpc) is 2.29. The summed E-state index contributed by atoms with van der Waals surface area (Å²) < 4.78 is 2.40. The molecule has 0 atom stereocenters. The van der Waals surface area contributed by atoms with Crippen molar-refractivity contribution in [2.24, 2.45) is 5.92 Å². The van der Waals surface area contributed by atoms with E-state index in [-0.39, 0.29) is 11.1 Å². The first-order valence-corrected chi connectivity index (χ1v) is 7.90. The molecule has 3 rings (SSSR count). The Labute approximate surface area is 121 Å². The SMILES string of the molecule is CC1(Nc2c(Br)cnn(CC3CCC3)c2=O)CCC1. The van der Waals surface area contributed by atoms with Crippen molar-refractivity contribution in [3.63, 3.8) is 0 Å². The molecule has 104 valence electrons. The van der Waals surface area contributed by atoms with Crippen LogP contribution in [-0.2, 0) is 6.54 Å². The van der Waals surface area contributed by atoms with Gasteiger partial charge in [0, 0.05) is 12.1 Å². The molecular weight excluding hydrogens is 306 g/mol. The molecule has 5 heteroatoms. The Balaban J connectivity index is 1.84. The molecule has 0 radical (unpaired) electrons. The minimum Gasteiger partial charge on any atom is -0.374 e. The highest BCUT2D eigenvalue weighted by molar-refractivity contribution is 9.10. The molecule has 1 aromatic rings. The quantitative estimate of drug-likeness (QED) is 0.924. The van der Waals surface area contributed by atoms with Crippen molar-refractivity contribution in [3.8, 4) is 0 Å². The number of aromatic nitrogens is 2. The maximum Gasteiger partial charge on any atom is 0.291 e. The van der Waals surface area contributed by atoms with Crippen LogP contribution in [0.1, 0.15) is 45.4 Å². The summed E-state index contributed by atoms with van der Waals surface area (Å²) >= 11 is 3.45. The Morgan fingerprint density at radius 2 is 2.21 bits per heavy atom. The van der Waals surface area contributed by atoms with Gasteiger partial charge in [-0.25, -0.2) is 4.68 Å². The number of anilines is 1. The van der Waals surface area contributed by atoms with Gasteiger partial charge in [0.2, 0.25) is 0 Å². The Kier molecular flexibility index (Phi) is 3.41.